The highest BCUT2D eigenvalue weighted by molar-refractivity contribution is 5.88. The summed E-state index contributed by atoms with van der Waals surface area (Å²) >= 11 is 0. The quantitative estimate of drug-likeness (QED) is 0.696. The minimum absolute atomic E-state index is 0.0179. The van der Waals surface area contributed by atoms with Gasteiger partial charge in [-0.15, -0.1) is 0 Å². The number of carbonyl (C=O) groups is 2. The Morgan fingerprint density at radius 1 is 1.41 bits per heavy atom. The van der Waals surface area contributed by atoms with Gasteiger partial charge in [0.05, 0.1) is 12.5 Å². The fraction of sp³-hybridized carbons (Fsp3) is 0.833. The molecule has 0 aromatic rings. The van der Waals surface area contributed by atoms with Crippen molar-refractivity contribution in [1.29, 1.82) is 0 Å². The van der Waals surface area contributed by atoms with Gasteiger partial charge >= 0.3 is 5.97 Å². The Bertz CT molecular complexity index is 296. The summed E-state index contributed by atoms with van der Waals surface area (Å²) in [5.41, 5.74) is -0.416. The number of esters is 1. The van der Waals surface area contributed by atoms with E-state index in [1.165, 1.54) is 7.11 Å². The largest absolute Gasteiger partial charge is 0.467 e. The van der Waals surface area contributed by atoms with Crippen LogP contribution in [0.5, 0.6) is 0 Å². The molecule has 98 valence electrons. The van der Waals surface area contributed by atoms with Gasteiger partial charge in [0.15, 0.2) is 0 Å². The average molecular weight is 242 g/mol. The highest BCUT2D eigenvalue weighted by Crippen LogP contribution is 2.25. The molecule has 0 bridgehead atoms. The normalized spacial score (nSPS) is 25.7. The van der Waals surface area contributed by atoms with Gasteiger partial charge < -0.3 is 15.4 Å². The van der Waals surface area contributed by atoms with Crippen LogP contribution in [0, 0.1) is 11.3 Å². The molecular weight excluding hydrogens is 220 g/mol. The topological polar surface area (TPSA) is 67.4 Å². The maximum atomic E-state index is 12.1. The average Bonchev–Trinajstić information content (AvgIpc) is 2.72. The van der Waals surface area contributed by atoms with Crippen LogP contribution in [0.1, 0.15) is 27.2 Å². The van der Waals surface area contributed by atoms with Gasteiger partial charge in [-0.25, -0.2) is 4.79 Å². The molecule has 17 heavy (non-hydrogen) atoms. The Morgan fingerprint density at radius 2 is 2.06 bits per heavy atom. The SMILES string of the molecule is COC(=O)C(NC(=O)C1(C)CCNC1)C(C)C. The van der Waals surface area contributed by atoms with E-state index < -0.39 is 11.5 Å². The summed E-state index contributed by atoms with van der Waals surface area (Å²) in [6, 6.07) is -0.565. The number of rotatable bonds is 4. The van der Waals surface area contributed by atoms with Crippen LogP contribution in [0.4, 0.5) is 0 Å². The van der Waals surface area contributed by atoms with E-state index in [9.17, 15) is 9.59 Å². The summed E-state index contributed by atoms with van der Waals surface area (Å²) in [6.45, 7) is 7.19. The van der Waals surface area contributed by atoms with Crippen molar-refractivity contribution >= 4 is 11.9 Å². The van der Waals surface area contributed by atoms with E-state index in [1.54, 1.807) is 0 Å². The van der Waals surface area contributed by atoms with Crippen molar-refractivity contribution in [3.05, 3.63) is 0 Å². The van der Waals surface area contributed by atoms with Gasteiger partial charge in [0.2, 0.25) is 5.91 Å². The van der Waals surface area contributed by atoms with Crippen LogP contribution in [0.15, 0.2) is 0 Å². The third-order valence-corrected chi connectivity index (χ3v) is 3.33. The van der Waals surface area contributed by atoms with Crippen LogP contribution in [0.2, 0.25) is 0 Å². The lowest BCUT2D eigenvalue weighted by Crippen LogP contribution is -2.50. The van der Waals surface area contributed by atoms with Crippen LogP contribution in [0.3, 0.4) is 0 Å². The predicted molar refractivity (Wildman–Crippen MR) is 64.4 cm³/mol. The van der Waals surface area contributed by atoms with E-state index >= 15 is 0 Å². The van der Waals surface area contributed by atoms with Crippen LogP contribution >= 0.6 is 0 Å². The molecule has 1 saturated heterocycles. The standard InChI is InChI=1S/C12H22N2O3/c1-8(2)9(10(15)17-4)14-11(16)12(3)5-6-13-7-12/h8-9,13H,5-7H2,1-4H3,(H,14,16). The van der Waals surface area contributed by atoms with Gasteiger partial charge in [-0.2, -0.15) is 0 Å². The highest BCUT2D eigenvalue weighted by Gasteiger charge is 2.38. The summed E-state index contributed by atoms with van der Waals surface area (Å²) < 4.78 is 4.70. The van der Waals surface area contributed by atoms with Crippen LogP contribution in [-0.4, -0.2) is 38.1 Å². The first kappa shape index (κ1) is 14.0. The number of ether oxygens (including phenoxy) is 1. The molecule has 2 atom stereocenters. The van der Waals surface area contributed by atoms with Crippen molar-refractivity contribution in [2.45, 2.75) is 33.2 Å². The smallest absolute Gasteiger partial charge is 0.328 e. The summed E-state index contributed by atoms with van der Waals surface area (Å²) in [4.78, 5) is 23.7. The maximum absolute atomic E-state index is 12.1. The van der Waals surface area contributed by atoms with Gasteiger partial charge in [0.1, 0.15) is 6.04 Å². The third-order valence-electron chi connectivity index (χ3n) is 3.33. The first-order chi connectivity index (χ1) is 7.90. The lowest BCUT2D eigenvalue weighted by molar-refractivity contribution is -0.147. The van der Waals surface area contributed by atoms with Gasteiger partial charge in [-0.3, -0.25) is 4.79 Å². The second-order valence-corrected chi connectivity index (χ2v) is 5.21. The van der Waals surface area contributed by atoms with E-state index in [4.69, 9.17) is 4.74 Å². The molecule has 0 aromatic carbocycles. The first-order valence-corrected chi connectivity index (χ1v) is 6.00. The molecule has 0 saturated carbocycles. The highest BCUT2D eigenvalue weighted by atomic mass is 16.5. The minimum Gasteiger partial charge on any atom is -0.467 e. The van der Waals surface area contributed by atoms with Crippen molar-refractivity contribution in [2.24, 2.45) is 11.3 Å². The first-order valence-electron chi connectivity index (χ1n) is 6.00. The van der Waals surface area contributed by atoms with Crippen molar-refractivity contribution in [1.82, 2.24) is 10.6 Å². The van der Waals surface area contributed by atoms with Crippen molar-refractivity contribution in [3.8, 4) is 0 Å². The molecular formula is C12H22N2O3. The predicted octanol–water partition coefficient (Wildman–Crippen LogP) is 0.300. The van der Waals surface area contributed by atoms with Crippen LogP contribution in [-0.2, 0) is 14.3 Å². The van der Waals surface area contributed by atoms with E-state index in [1.807, 2.05) is 20.8 Å². The number of methoxy groups -OCH3 is 1. The number of hydrogen-bond acceptors (Lipinski definition) is 4. The Hall–Kier alpha value is -1.10. The van der Waals surface area contributed by atoms with E-state index in [0.717, 1.165) is 13.0 Å². The lowest BCUT2D eigenvalue weighted by Gasteiger charge is -2.26. The summed E-state index contributed by atoms with van der Waals surface area (Å²) in [6.07, 6.45) is 0.796. The van der Waals surface area contributed by atoms with Crippen molar-refractivity contribution < 1.29 is 14.3 Å². The Balaban J connectivity index is 2.67. The molecule has 1 aliphatic heterocycles. The second-order valence-electron chi connectivity index (χ2n) is 5.21. The lowest BCUT2D eigenvalue weighted by atomic mass is 9.88. The fourth-order valence-electron chi connectivity index (χ4n) is 1.95. The van der Waals surface area contributed by atoms with Gasteiger partial charge in [-0.05, 0) is 25.8 Å². The third kappa shape index (κ3) is 3.19. The number of carbonyl (C=O) groups excluding carboxylic acids is 2. The van der Waals surface area contributed by atoms with E-state index in [-0.39, 0.29) is 17.8 Å². The number of nitrogens with one attached hydrogen (secondary N) is 2. The summed E-state index contributed by atoms with van der Waals surface area (Å²) in [5.74, 6) is -0.445. The van der Waals surface area contributed by atoms with E-state index in [0.29, 0.717) is 6.54 Å². The van der Waals surface area contributed by atoms with Gasteiger partial charge in [0.25, 0.3) is 0 Å². The maximum Gasteiger partial charge on any atom is 0.328 e. The zero-order valence-electron chi connectivity index (χ0n) is 11.0. The number of amides is 1. The molecule has 2 N–H and O–H groups in total. The van der Waals surface area contributed by atoms with Crippen LogP contribution in [0.25, 0.3) is 0 Å². The zero-order valence-corrected chi connectivity index (χ0v) is 11.0. The summed E-state index contributed by atoms with van der Waals surface area (Å²) in [7, 11) is 1.34. The minimum atomic E-state index is -0.565. The molecule has 0 radical (unpaired) electrons. The monoisotopic (exact) mass is 242 g/mol. The number of hydrogen-bond donors (Lipinski definition) is 2. The molecule has 0 spiro atoms. The summed E-state index contributed by atoms with van der Waals surface area (Å²) in [5, 5.41) is 5.96. The Morgan fingerprint density at radius 3 is 2.47 bits per heavy atom. The van der Waals surface area contributed by atoms with Crippen molar-refractivity contribution in [2.75, 3.05) is 20.2 Å². The van der Waals surface area contributed by atoms with Crippen LogP contribution < -0.4 is 10.6 Å². The van der Waals surface area contributed by atoms with Gasteiger partial charge in [0, 0.05) is 6.54 Å². The molecule has 1 amide bonds. The van der Waals surface area contributed by atoms with E-state index in [2.05, 4.69) is 10.6 Å². The van der Waals surface area contributed by atoms with Crippen molar-refractivity contribution in [3.63, 3.8) is 0 Å². The Labute approximate surface area is 102 Å². The fourth-order valence-corrected chi connectivity index (χ4v) is 1.95. The molecule has 5 heteroatoms. The molecule has 1 aliphatic rings. The molecule has 1 rings (SSSR count). The molecule has 2 unspecified atom stereocenters. The molecule has 0 aliphatic carbocycles. The second kappa shape index (κ2) is 5.49. The van der Waals surface area contributed by atoms with Gasteiger partial charge in [-0.1, -0.05) is 13.8 Å². The zero-order chi connectivity index (χ0) is 13.1. The molecule has 0 aromatic heterocycles. The molecule has 1 heterocycles. The molecule has 1 fully saturated rings. The molecule has 5 nitrogen and oxygen atoms in total. The Kier molecular flexibility index (Phi) is 4.51.